The summed E-state index contributed by atoms with van der Waals surface area (Å²) in [6, 6.07) is 0. The molecule has 39 heavy (non-hydrogen) atoms. The fraction of sp³-hybridized carbons (Fsp3) is 0.867. The topological polar surface area (TPSA) is 96.0 Å². The summed E-state index contributed by atoms with van der Waals surface area (Å²) < 4.78 is 17.8. The van der Waals surface area contributed by atoms with Crippen LogP contribution in [0.1, 0.15) is 91.9 Å². The van der Waals surface area contributed by atoms with Gasteiger partial charge in [0.2, 0.25) is 0 Å². The summed E-state index contributed by atoms with van der Waals surface area (Å²) in [5.74, 6) is -2.15. The molecule has 6 unspecified atom stereocenters. The molecule has 220 valence electrons. The number of carbonyl (C=O) groups is 4. The third-order valence-electron chi connectivity index (χ3n) is 12.3. The molecule has 2 heterocycles. The lowest BCUT2D eigenvalue weighted by Gasteiger charge is -2.59. The number of esters is 4. The van der Waals surface area contributed by atoms with E-state index < -0.39 is 16.4 Å². The summed E-state index contributed by atoms with van der Waals surface area (Å²) in [7, 11) is -4.53. The fourth-order valence-electron chi connectivity index (χ4n) is 9.65. The van der Waals surface area contributed by atoms with E-state index in [0.29, 0.717) is 17.9 Å². The molecule has 0 amide bonds. The first-order valence-electron chi connectivity index (χ1n) is 15.4. The van der Waals surface area contributed by atoms with Crippen LogP contribution in [0.5, 0.6) is 0 Å². The van der Waals surface area contributed by atoms with E-state index in [9.17, 15) is 19.2 Å². The molecule has 2 saturated heterocycles. The molecule has 2 aliphatic heterocycles. The molecule has 4 aliphatic rings. The maximum absolute atomic E-state index is 12.6. The monoisotopic (exact) mass is 578 g/mol. The smallest absolute Gasteiger partial charge is 0.317 e. The maximum Gasteiger partial charge on any atom is 0.317 e. The van der Waals surface area contributed by atoms with Crippen molar-refractivity contribution in [3.8, 4) is 0 Å². The van der Waals surface area contributed by atoms with Gasteiger partial charge in [-0.1, -0.05) is 60.1 Å². The van der Waals surface area contributed by atoms with Crippen LogP contribution >= 0.6 is 0 Å². The Hall–Kier alpha value is -1.33. The number of rotatable bonds is 10. The van der Waals surface area contributed by atoms with E-state index >= 15 is 0 Å². The summed E-state index contributed by atoms with van der Waals surface area (Å²) in [4.78, 5) is 49.5. The molecule has 0 bridgehead atoms. The third-order valence-corrected chi connectivity index (χ3v) is 22.7. The minimum atomic E-state index is -2.40. The van der Waals surface area contributed by atoms with E-state index in [1.54, 1.807) is 0 Å². The van der Waals surface area contributed by atoms with Gasteiger partial charge in [-0.3, -0.25) is 19.2 Å². The molecule has 0 radical (unpaired) electrons. The Morgan fingerprint density at radius 2 is 1.13 bits per heavy atom. The second kappa shape index (κ2) is 10.8. The molecule has 2 aliphatic carbocycles. The van der Waals surface area contributed by atoms with Crippen molar-refractivity contribution < 1.29 is 33.1 Å². The number of cyclic esters (lactones) is 4. The van der Waals surface area contributed by atoms with Gasteiger partial charge in [0.25, 0.3) is 0 Å². The Morgan fingerprint density at radius 1 is 0.667 bits per heavy atom. The second-order valence-corrected chi connectivity index (χ2v) is 23.2. The normalized spacial score (nSPS) is 32.1. The number of fused-ring (bicyclic) bond motifs is 2. The van der Waals surface area contributed by atoms with Crippen LogP contribution < -0.4 is 0 Å². The van der Waals surface area contributed by atoms with Crippen LogP contribution in [0.15, 0.2) is 0 Å². The molecular weight excluding hydrogens is 528 g/mol. The Morgan fingerprint density at radius 3 is 1.62 bits per heavy atom. The molecule has 9 heteroatoms. The highest BCUT2D eigenvalue weighted by molar-refractivity contribution is 6.83. The molecule has 0 N–H and O–H groups in total. The van der Waals surface area contributed by atoms with Crippen LogP contribution in [0, 0.1) is 29.6 Å². The van der Waals surface area contributed by atoms with Gasteiger partial charge in [0.05, 0.1) is 31.7 Å². The van der Waals surface area contributed by atoms with Crippen molar-refractivity contribution >= 4 is 40.3 Å². The highest BCUT2D eigenvalue weighted by Gasteiger charge is 2.61. The predicted molar refractivity (Wildman–Crippen MR) is 154 cm³/mol. The van der Waals surface area contributed by atoms with E-state index in [-0.39, 0.29) is 57.8 Å². The van der Waals surface area contributed by atoms with Crippen LogP contribution in [0.4, 0.5) is 0 Å². The zero-order valence-corrected chi connectivity index (χ0v) is 27.4. The van der Waals surface area contributed by atoms with Gasteiger partial charge >= 0.3 is 23.9 Å². The van der Waals surface area contributed by atoms with Crippen molar-refractivity contribution in [2.45, 2.75) is 134 Å². The van der Waals surface area contributed by atoms with E-state index in [2.05, 4.69) is 53.9 Å². The largest absolute Gasteiger partial charge is 0.414 e. The fourth-order valence-corrected chi connectivity index (χ4v) is 20.2. The Bertz CT molecular complexity index is 997. The second-order valence-electron chi connectivity index (χ2n) is 13.8. The van der Waals surface area contributed by atoms with E-state index in [4.69, 9.17) is 13.9 Å². The molecule has 6 atom stereocenters. The van der Waals surface area contributed by atoms with Crippen LogP contribution in [0.3, 0.4) is 0 Å². The van der Waals surface area contributed by atoms with Crippen LogP contribution in [-0.4, -0.2) is 45.5 Å². The molecular formula is C30H50O7Si2. The van der Waals surface area contributed by atoms with Gasteiger partial charge in [0.1, 0.15) is 0 Å². The third kappa shape index (κ3) is 4.72. The van der Waals surface area contributed by atoms with Crippen molar-refractivity contribution in [2.24, 2.45) is 29.6 Å². The van der Waals surface area contributed by atoms with Crippen molar-refractivity contribution in [2.75, 3.05) is 0 Å². The lowest BCUT2D eigenvalue weighted by atomic mass is 9.69. The first-order chi connectivity index (χ1) is 18.2. The first kappa shape index (κ1) is 30.6. The Labute approximate surface area is 236 Å². The van der Waals surface area contributed by atoms with Crippen molar-refractivity contribution in [1.82, 2.24) is 0 Å². The molecule has 7 nitrogen and oxygen atoms in total. The van der Waals surface area contributed by atoms with Gasteiger partial charge in [-0.05, 0) is 74.5 Å². The number of hydrogen-bond acceptors (Lipinski definition) is 7. The van der Waals surface area contributed by atoms with Crippen LogP contribution in [-0.2, 0) is 33.1 Å². The van der Waals surface area contributed by atoms with Crippen molar-refractivity contribution in [3.05, 3.63) is 0 Å². The molecule has 0 spiro atoms. The highest BCUT2D eigenvalue weighted by atomic mass is 28.4. The zero-order valence-electron chi connectivity index (χ0n) is 25.4. The summed E-state index contributed by atoms with van der Waals surface area (Å²) in [5, 5.41) is -0.273. The lowest BCUT2D eigenvalue weighted by Crippen LogP contribution is -2.65. The van der Waals surface area contributed by atoms with Crippen LogP contribution in [0.25, 0.3) is 0 Å². The maximum atomic E-state index is 12.6. The van der Waals surface area contributed by atoms with Gasteiger partial charge in [-0.2, -0.15) is 0 Å². The molecule has 0 aromatic heterocycles. The molecule has 4 fully saturated rings. The average Bonchev–Trinajstić information content (AvgIpc) is 3.36. The molecule has 0 aromatic carbocycles. The molecule has 4 rings (SSSR count). The van der Waals surface area contributed by atoms with Gasteiger partial charge in [-0.15, -0.1) is 0 Å². The SMILES string of the molecule is CCC(CC)(C1CCC2C(=O)OC(=O)C2C1)[Si](C)(C)OC(CC)(CC)[Si](C)(C)C1CCC2C(=O)OC(=O)C2C1. The number of hydrogen-bond donors (Lipinski definition) is 0. The standard InChI is InChI=1S/C30H50O7Si2/c1-9-29(10-2,19-13-15-21-23(17-19)27(33)35-25(21)31)39(7,8)37-30(11-3,12-4)38(5,6)20-14-16-22-24(18-20)28(34)36-26(22)32/h19-24H,9-18H2,1-8H3. The van der Waals surface area contributed by atoms with E-state index in [1.165, 1.54) is 0 Å². The van der Waals surface area contributed by atoms with Gasteiger partial charge < -0.3 is 13.9 Å². The van der Waals surface area contributed by atoms with Gasteiger partial charge in [0, 0.05) is 5.22 Å². The average molecular weight is 579 g/mol. The van der Waals surface area contributed by atoms with E-state index in [1.807, 2.05) is 0 Å². The Balaban J connectivity index is 1.63. The zero-order chi connectivity index (χ0) is 29.0. The summed E-state index contributed by atoms with van der Waals surface area (Å²) in [6.07, 6.45) is 8.59. The van der Waals surface area contributed by atoms with Gasteiger partial charge in [0.15, 0.2) is 8.32 Å². The highest BCUT2D eigenvalue weighted by Crippen LogP contribution is 2.61. The minimum absolute atomic E-state index is 0.0245. The molecule has 2 saturated carbocycles. The number of carbonyl (C=O) groups excluding carboxylic acids is 4. The van der Waals surface area contributed by atoms with E-state index in [0.717, 1.165) is 57.8 Å². The molecule has 0 aromatic rings. The van der Waals surface area contributed by atoms with Crippen molar-refractivity contribution in [1.29, 1.82) is 0 Å². The minimum Gasteiger partial charge on any atom is -0.414 e. The Kier molecular flexibility index (Phi) is 8.50. The predicted octanol–water partition coefficient (Wildman–Crippen LogP) is 6.56. The quantitative estimate of drug-likeness (QED) is 0.164. The van der Waals surface area contributed by atoms with Crippen LogP contribution in [0.2, 0.25) is 36.8 Å². The lowest BCUT2D eigenvalue weighted by molar-refractivity contribution is -0.155. The summed E-state index contributed by atoms with van der Waals surface area (Å²) >= 11 is 0. The van der Waals surface area contributed by atoms with Crippen molar-refractivity contribution in [3.63, 3.8) is 0 Å². The number of ether oxygens (including phenoxy) is 2. The van der Waals surface area contributed by atoms with Gasteiger partial charge in [-0.25, -0.2) is 0 Å². The summed E-state index contributed by atoms with van der Waals surface area (Å²) in [6.45, 7) is 18.7. The summed E-state index contributed by atoms with van der Waals surface area (Å²) in [5.41, 5.74) is 0.384. The first-order valence-corrected chi connectivity index (χ1v) is 21.4.